The van der Waals surface area contributed by atoms with Gasteiger partial charge in [-0.05, 0) is 18.6 Å². The molecule has 0 saturated heterocycles. The third kappa shape index (κ3) is 22.5. The molecule has 8 nitrogen and oxygen atoms in total. The molecule has 1 aromatic rings. The lowest BCUT2D eigenvalue weighted by molar-refractivity contribution is -0.145. The van der Waals surface area contributed by atoms with Gasteiger partial charge in [-0.1, -0.05) is 57.2 Å². The Morgan fingerprint density at radius 2 is 1.03 bits per heavy atom. The summed E-state index contributed by atoms with van der Waals surface area (Å²) >= 11 is 0. The molecule has 0 aliphatic rings. The summed E-state index contributed by atoms with van der Waals surface area (Å²) < 4.78 is 37.9. The van der Waals surface area contributed by atoms with Crippen molar-refractivity contribution in [3.8, 4) is 5.75 Å². The number of ether oxygens (including phenoxy) is 7. The lowest BCUT2D eigenvalue weighted by atomic mass is 10.1. The molecule has 0 unspecified atom stereocenters. The summed E-state index contributed by atoms with van der Waals surface area (Å²) in [6.07, 6.45) is 7.47. The van der Waals surface area contributed by atoms with Gasteiger partial charge >= 0.3 is 5.97 Å². The van der Waals surface area contributed by atoms with Crippen LogP contribution in [0.2, 0.25) is 0 Å². The predicted octanol–water partition coefficient (Wildman–Crippen LogP) is 4.44. The molecular weight excluding hydrogens is 452 g/mol. The second-order valence-corrected chi connectivity index (χ2v) is 7.96. The zero-order valence-corrected chi connectivity index (χ0v) is 21.6. The summed E-state index contributed by atoms with van der Waals surface area (Å²) in [4.78, 5) is 11.6. The molecule has 202 valence electrons. The molecule has 1 rings (SSSR count). The van der Waals surface area contributed by atoms with Crippen molar-refractivity contribution in [3.05, 3.63) is 30.3 Å². The molecule has 0 aliphatic carbocycles. The quantitative estimate of drug-likeness (QED) is 0.137. The summed E-state index contributed by atoms with van der Waals surface area (Å²) in [7, 11) is 0. The molecule has 0 amide bonds. The maximum absolute atomic E-state index is 11.6. The van der Waals surface area contributed by atoms with E-state index in [-0.39, 0.29) is 5.97 Å². The number of rotatable bonds is 26. The molecule has 0 aromatic heterocycles. The van der Waals surface area contributed by atoms with Crippen LogP contribution in [-0.2, 0) is 33.2 Å². The van der Waals surface area contributed by atoms with Crippen LogP contribution < -0.4 is 4.74 Å². The fourth-order valence-electron chi connectivity index (χ4n) is 3.05. The highest BCUT2D eigenvalue weighted by atomic mass is 16.6. The number of benzene rings is 1. The van der Waals surface area contributed by atoms with Crippen LogP contribution in [0.5, 0.6) is 5.75 Å². The lowest BCUT2D eigenvalue weighted by Crippen LogP contribution is -2.15. The topological polar surface area (TPSA) is 81.7 Å². The fourth-order valence-corrected chi connectivity index (χ4v) is 3.05. The third-order valence-corrected chi connectivity index (χ3v) is 4.95. The minimum absolute atomic E-state index is 0.137. The molecule has 0 fully saturated rings. The maximum atomic E-state index is 11.6. The van der Waals surface area contributed by atoms with E-state index in [9.17, 15) is 4.79 Å². The number of unbranched alkanes of at least 4 members (excludes halogenated alkanes) is 5. The number of carbonyl (C=O) groups is 1. The Morgan fingerprint density at radius 1 is 0.571 bits per heavy atom. The predicted molar refractivity (Wildman–Crippen MR) is 135 cm³/mol. The molecule has 0 radical (unpaired) electrons. The van der Waals surface area contributed by atoms with Crippen molar-refractivity contribution in [2.24, 2.45) is 0 Å². The first-order chi connectivity index (χ1) is 17.3. The highest BCUT2D eigenvalue weighted by Gasteiger charge is 2.02. The van der Waals surface area contributed by atoms with E-state index in [1.807, 2.05) is 30.3 Å². The van der Waals surface area contributed by atoms with Crippen LogP contribution in [-0.4, -0.2) is 85.3 Å². The van der Waals surface area contributed by atoms with Gasteiger partial charge in [-0.15, -0.1) is 0 Å². The van der Waals surface area contributed by atoms with E-state index in [0.29, 0.717) is 85.7 Å². The minimum atomic E-state index is -0.137. The van der Waals surface area contributed by atoms with Crippen molar-refractivity contribution in [3.63, 3.8) is 0 Å². The van der Waals surface area contributed by atoms with Gasteiger partial charge in [0.2, 0.25) is 0 Å². The van der Waals surface area contributed by atoms with Crippen LogP contribution in [0.3, 0.4) is 0 Å². The summed E-state index contributed by atoms with van der Waals surface area (Å²) in [5, 5.41) is 0. The number of carbonyl (C=O) groups excluding carboxylic acids is 1. The number of para-hydroxylation sites is 1. The Labute approximate surface area is 211 Å². The Balaban J connectivity index is 1.68. The zero-order chi connectivity index (χ0) is 25.1. The van der Waals surface area contributed by atoms with Gasteiger partial charge < -0.3 is 33.2 Å². The first-order valence-electron chi connectivity index (χ1n) is 13.0. The lowest BCUT2D eigenvalue weighted by Gasteiger charge is -2.09. The Hall–Kier alpha value is -1.71. The van der Waals surface area contributed by atoms with Crippen molar-refractivity contribution in [1.29, 1.82) is 0 Å². The van der Waals surface area contributed by atoms with Crippen LogP contribution in [0.15, 0.2) is 30.3 Å². The standard InChI is InChI=1S/C27H46O8/c1-2-3-4-5-6-10-13-27(28)35-25-23-33-21-19-31-17-15-29-14-16-30-18-20-32-22-24-34-26-11-8-7-9-12-26/h7-9,11-12H,2-6,10,13-25H2,1H3. The number of hydrogen-bond donors (Lipinski definition) is 0. The van der Waals surface area contributed by atoms with E-state index in [0.717, 1.165) is 18.6 Å². The van der Waals surface area contributed by atoms with Crippen molar-refractivity contribution in [1.82, 2.24) is 0 Å². The van der Waals surface area contributed by atoms with Gasteiger partial charge in [-0.2, -0.15) is 0 Å². The van der Waals surface area contributed by atoms with Gasteiger partial charge in [0, 0.05) is 6.42 Å². The van der Waals surface area contributed by atoms with Crippen molar-refractivity contribution in [2.45, 2.75) is 51.9 Å². The smallest absolute Gasteiger partial charge is 0.305 e. The first-order valence-corrected chi connectivity index (χ1v) is 13.0. The molecular formula is C27H46O8. The summed E-state index contributed by atoms with van der Waals surface area (Å²) in [5.41, 5.74) is 0. The third-order valence-electron chi connectivity index (χ3n) is 4.95. The second kappa shape index (κ2) is 25.4. The average molecular weight is 499 g/mol. The van der Waals surface area contributed by atoms with Crippen LogP contribution in [0.25, 0.3) is 0 Å². The molecule has 0 atom stereocenters. The molecule has 0 saturated carbocycles. The van der Waals surface area contributed by atoms with Gasteiger partial charge in [0.15, 0.2) is 0 Å². The SMILES string of the molecule is CCCCCCCCC(=O)OCCOCCOCCOCCOCCOCCOc1ccccc1. The van der Waals surface area contributed by atoms with Gasteiger partial charge in [-0.25, -0.2) is 0 Å². The van der Waals surface area contributed by atoms with Gasteiger partial charge in [0.05, 0.1) is 66.1 Å². The fraction of sp³-hybridized carbons (Fsp3) is 0.741. The minimum Gasteiger partial charge on any atom is -0.491 e. The van der Waals surface area contributed by atoms with Crippen LogP contribution in [0, 0.1) is 0 Å². The molecule has 8 heteroatoms. The van der Waals surface area contributed by atoms with Gasteiger partial charge in [0.1, 0.15) is 19.0 Å². The number of esters is 1. The van der Waals surface area contributed by atoms with E-state index in [4.69, 9.17) is 33.2 Å². The number of hydrogen-bond acceptors (Lipinski definition) is 8. The molecule has 0 bridgehead atoms. The Kier molecular flexibility index (Phi) is 22.7. The average Bonchev–Trinajstić information content (AvgIpc) is 2.88. The summed E-state index contributed by atoms with van der Waals surface area (Å²) in [6, 6.07) is 9.67. The zero-order valence-electron chi connectivity index (χ0n) is 21.6. The van der Waals surface area contributed by atoms with Crippen LogP contribution >= 0.6 is 0 Å². The van der Waals surface area contributed by atoms with E-state index in [1.165, 1.54) is 25.7 Å². The largest absolute Gasteiger partial charge is 0.491 e. The normalized spacial score (nSPS) is 11.0. The van der Waals surface area contributed by atoms with Crippen LogP contribution in [0.1, 0.15) is 51.9 Å². The van der Waals surface area contributed by atoms with Crippen LogP contribution in [0.4, 0.5) is 0 Å². The maximum Gasteiger partial charge on any atom is 0.305 e. The second-order valence-electron chi connectivity index (χ2n) is 7.96. The van der Waals surface area contributed by atoms with Crippen molar-refractivity contribution in [2.75, 3.05) is 79.3 Å². The molecule has 35 heavy (non-hydrogen) atoms. The van der Waals surface area contributed by atoms with E-state index >= 15 is 0 Å². The van der Waals surface area contributed by atoms with E-state index < -0.39 is 0 Å². The van der Waals surface area contributed by atoms with E-state index in [2.05, 4.69) is 6.92 Å². The Morgan fingerprint density at radius 3 is 1.57 bits per heavy atom. The highest BCUT2D eigenvalue weighted by Crippen LogP contribution is 2.08. The molecule has 0 heterocycles. The molecule has 0 aliphatic heterocycles. The summed E-state index contributed by atoms with van der Waals surface area (Å²) in [6.45, 7) is 7.98. The monoisotopic (exact) mass is 498 g/mol. The van der Waals surface area contributed by atoms with E-state index in [1.54, 1.807) is 0 Å². The summed E-state index contributed by atoms with van der Waals surface area (Å²) in [5.74, 6) is 0.708. The molecule has 0 spiro atoms. The van der Waals surface area contributed by atoms with Crippen molar-refractivity contribution < 1.29 is 38.0 Å². The van der Waals surface area contributed by atoms with Crippen molar-refractivity contribution >= 4 is 5.97 Å². The van der Waals surface area contributed by atoms with Gasteiger partial charge in [-0.3, -0.25) is 4.79 Å². The Bertz CT molecular complexity index is 570. The van der Waals surface area contributed by atoms with Gasteiger partial charge in [0.25, 0.3) is 0 Å². The first kappa shape index (κ1) is 31.3. The molecule has 1 aromatic carbocycles. The molecule has 0 N–H and O–H groups in total. The highest BCUT2D eigenvalue weighted by molar-refractivity contribution is 5.69.